The average molecular weight is 287 g/mol. The first-order valence-electron chi connectivity index (χ1n) is 6.35. The number of nitrogen functional groups attached to an aromatic ring is 1. The monoisotopic (exact) mass is 287 g/mol. The van der Waals surface area contributed by atoms with E-state index in [1.54, 1.807) is 35.9 Å². The fraction of sp³-hybridized carbons (Fsp3) is 0.214. The highest BCUT2D eigenvalue weighted by Gasteiger charge is 2.20. The molecule has 0 aliphatic rings. The van der Waals surface area contributed by atoms with Crippen molar-refractivity contribution < 1.29 is 9.59 Å². The molecule has 1 aromatic carbocycles. The predicted molar refractivity (Wildman–Crippen MR) is 78.0 cm³/mol. The lowest BCUT2D eigenvalue weighted by molar-refractivity contribution is -0.118. The largest absolute Gasteiger partial charge is 0.399 e. The van der Waals surface area contributed by atoms with Crippen molar-refractivity contribution in [1.29, 1.82) is 0 Å². The third-order valence-corrected chi connectivity index (χ3v) is 3.02. The molecule has 0 radical (unpaired) electrons. The van der Waals surface area contributed by atoms with E-state index in [4.69, 9.17) is 11.5 Å². The number of imidazole rings is 1. The van der Waals surface area contributed by atoms with Crippen LogP contribution in [-0.2, 0) is 18.4 Å². The van der Waals surface area contributed by atoms with E-state index in [2.05, 4.69) is 4.98 Å². The summed E-state index contributed by atoms with van der Waals surface area (Å²) in [6.07, 6.45) is 2.98. The summed E-state index contributed by atoms with van der Waals surface area (Å²) >= 11 is 0. The SMILES string of the molecule is Cn1cncc1C(=O)N(CC(N)=O)Cc1ccc(N)cc1. The Morgan fingerprint density at radius 1 is 1.29 bits per heavy atom. The first kappa shape index (κ1) is 14.6. The zero-order chi connectivity index (χ0) is 15.4. The highest BCUT2D eigenvalue weighted by Crippen LogP contribution is 2.11. The Morgan fingerprint density at radius 2 is 1.95 bits per heavy atom. The molecule has 7 heteroatoms. The Labute approximate surface area is 122 Å². The molecule has 0 fully saturated rings. The number of carbonyl (C=O) groups is 2. The van der Waals surface area contributed by atoms with E-state index in [0.29, 0.717) is 11.4 Å². The fourth-order valence-corrected chi connectivity index (χ4v) is 1.96. The molecule has 110 valence electrons. The van der Waals surface area contributed by atoms with Crippen LogP contribution in [0.2, 0.25) is 0 Å². The van der Waals surface area contributed by atoms with Crippen molar-refractivity contribution in [3.05, 3.63) is 48.0 Å². The first-order valence-corrected chi connectivity index (χ1v) is 6.35. The van der Waals surface area contributed by atoms with Crippen LogP contribution in [-0.4, -0.2) is 32.8 Å². The molecular weight excluding hydrogens is 270 g/mol. The van der Waals surface area contributed by atoms with Gasteiger partial charge < -0.3 is 20.9 Å². The predicted octanol–water partition coefficient (Wildman–Crippen LogP) is 0.130. The number of primary amides is 1. The summed E-state index contributed by atoms with van der Waals surface area (Å²) in [7, 11) is 1.71. The van der Waals surface area contributed by atoms with E-state index >= 15 is 0 Å². The third kappa shape index (κ3) is 3.59. The summed E-state index contributed by atoms with van der Waals surface area (Å²) in [5.41, 5.74) is 12.7. The van der Waals surface area contributed by atoms with Crippen LogP contribution in [0.4, 0.5) is 5.69 Å². The van der Waals surface area contributed by atoms with E-state index in [9.17, 15) is 9.59 Å². The second-order valence-corrected chi connectivity index (χ2v) is 4.76. The van der Waals surface area contributed by atoms with Crippen molar-refractivity contribution in [2.75, 3.05) is 12.3 Å². The van der Waals surface area contributed by atoms with Crippen LogP contribution in [0.15, 0.2) is 36.8 Å². The Morgan fingerprint density at radius 3 is 2.48 bits per heavy atom. The number of carbonyl (C=O) groups excluding carboxylic acids is 2. The number of hydrogen-bond donors (Lipinski definition) is 2. The summed E-state index contributed by atoms with van der Waals surface area (Å²) in [4.78, 5) is 29.0. The lowest BCUT2D eigenvalue weighted by atomic mass is 10.2. The summed E-state index contributed by atoms with van der Waals surface area (Å²) in [6.45, 7) is 0.113. The molecule has 0 aliphatic carbocycles. The maximum atomic E-state index is 12.5. The maximum Gasteiger partial charge on any atom is 0.272 e. The van der Waals surface area contributed by atoms with Crippen LogP contribution >= 0.6 is 0 Å². The minimum absolute atomic E-state index is 0.158. The van der Waals surface area contributed by atoms with Crippen molar-refractivity contribution in [3.63, 3.8) is 0 Å². The number of benzene rings is 1. The molecule has 0 saturated heterocycles. The Bertz CT molecular complexity index is 648. The van der Waals surface area contributed by atoms with Crippen LogP contribution in [0, 0.1) is 0 Å². The minimum atomic E-state index is -0.569. The van der Waals surface area contributed by atoms with Gasteiger partial charge in [-0.1, -0.05) is 12.1 Å². The number of aromatic nitrogens is 2. The van der Waals surface area contributed by atoms with Gasteiger partial charge in [-0.25, -0.2) is 4.98 Å². The Balaban J connectivity index is 2.22. The smallest absolute Gasteiger partial charge is 0.272 e. The highest BCUT2D eigenvalue weighted by molar-refractivity contribution is 5.94. The van der Waals surface area contributed by atoms with Gasteiger partial charge in [0.25, 0.3) is 5.91 Å². The normalized spacial score (nSPS) is 10.3. The molecule has 2 amide bonds. The molecule has 0 spiro atoms. The number of hydrogen-bond acceptors (Lipinski definition) is 4. The molecule has 4 N–H and O–H groups in total. The second kappa shape index (κ2) is 6.08. The minimum Gasteiger partial charge on any atom is -0.399 e. The van der Waals surface area contributed by atoms with Gasteiger partial charge in [0.2, 0.25) is 5.91 Å². The molecule has 21 heavy (non-hydrogen) atoms. The van der Waals surface area contributed by atoms with E-state index in [1.807, 2.05) is 0 Å². The molecule has 1 heterocycles. The number of nitrogens with two attached hydrogens (primary N) is 2. The molecular formula is C14H17N5O2. The van der Waals surface area contributed by atoms with Gasteiger partial charge in [-0.05, 0) is 17.7 Å². The Kier molecular flexibility index (Phi) is 4.22. The lowest BCUT2D eigenvalue weighted by Gasteiger charge is -2.21. The van der Waals surface area contributed by atoms with Gasteiger partial charge in [0.1, 0.15) is 12.2 Å². The maximum absolute atomic E-state index is 12.5. The van der Waals surface area contributed by atoms with Gasteiger partial charge >= 0.3 is 0 Å². The zero-order valence-corrected chi connectivity index (χ0v) is 11.7. The molecule has 7 nitrogen and oxygen atoms in total. The van der Waals surface area contributed by atoms with Gasteiger partial charge in [-0.2, -0.15) is 0 Å². The molecule has 1 aromatic heterocycles. The van der Waals surface area contributed by atoms with Gasteiger partial charge in [0.05, 0.1) is 12.5 Å². The number of nitrogens with zero attached hydrogens (tertiary/aromatic N) is 3. The van der Waals surface area contributed by atoms with Crippen LogP contribution in [0.5, 0.6) is 0 Å². The average Bonchev–Trinajstić information content (AvgIpc) is 2.85. The third-order valence-electron chi connectivity index (χ3n) is 3.02. The van der Waals surface area contributed by atoms with Crippen LogP contribution in [0.1, 0.15) is 16.1 Å². The van der Waals surface area contributed by atoms with E-state index < -0.39 is 5.91 Å². The molecule has 2 rings (SSSR count). The second-order valence-electron chi connectivity index (χ2n) is 4.76. The van der Waals surface area contributed by atoms with Gasteiger partial charge in [0.15, 0.2) is 0 Å². The number of amides is 2. The van der Waals surface area contributed by atoms with Crippen molar-refractivity contribution in [2.24, 2.45) is 12.8 Å². The molecule has 0 saturated carbocycles. The van der Waals surface area contributed by atoms with E-state index in [0.717, 1.165) is 5.56 Å². The van der Waals surface area contributed by atoms with E-state index in [1.165, 1.54) is 17.4 Å². The molecule has 2 aromatic rings. The van der Waals surface area contributed by atoms with Gasteiger partial charge in [-0.3, -0.25) is 9.59 Å². The topological polar surface area (TPSA) is 107 Å². The summed E-state index contributed by atoms with van der Waals surface area (Å²) in [5.74, 6) is -0.869. The lowest BCUT2D eigenvalue weighted by Crippen LogP contribution is -2.38. The fourth-order valence-electron chi connectivity index (χ4n) is 1.96. The first-order chi connectivity index (χ1) is 9.97. The van der Waals surface area contributed by atoms with Crippen molar-refractivity contribution in [2.45, 2.75) is 6.54 Å². The molecule has 0 unspecified atom stereocenters. The summed E-state index contributed by atoms with van der Waals surface area (Å²) in [5, 5.41) is 0. The number of rotatable bonds is 5. The van der Waals surface area contributed by atoms with Crippen LogP contribution < -0.4 is 11.5 Å². The number of aryl methyl sites for hydroxylation is 1. The molecule has 0 aliphatic heterocycles. The quantitative estimate of drug-likeness (QED) is 0.762. The van der Waals surface area contributed by atoms with Gasteiger partial charge in [0, 0.05) is 19.3 Å². The summed E-state index contributed by atoms with van der Waals surface area (Å²) in [6, 6.07) is 7.10. The van der Waals surface area contributed by atoms with Crippen molar-refractivity contribution >= 4 is 17.5 Å². The van der Waals surface area contributed by atoms with Crippen molar-refractivity contribution in [3.8, 4) is 0 Å². The van der Waals surface area contributed by atoms with Crippen LogP contribution in [0.25, 0.3) is 0 Å². The van der Waals surface area contributed by atoms with Gasteiger partial charge in [-0.15, -0.1) is 0 Å². The summed E-state index contributed by atoms with van der Waals surface area (Å²) < 4.78 is 1.60. The van der Waals surface area contributed by atoms with E-state index in [-0.39, 0.29) is 19.0 Å². The van der Waals surface area contributed by atoms with Crippen molar-refractivity contribution in [1.82, 2.24) is 14.5 Å². The van der Waals surface area contributed by atoms with Crippen LogP contribution in [0.3, 0.4) is 0 Å². The zero-order valence-electron chi connectivity index (χ0n) is 11.7. The standard InChI is InChI=1S/C14H17N5O2/c1-18-9-17-6-12(18)14(21)19(8-13(16)20)7-10-2-4-11(15)5-3-10/h2-6,9H,7-8,15H2,1H3,(H2,16,20). The number of anilines is 1. The molecule has 0 atom stereocenters. The molecule has 0 bridgehead atoms. The highest BCUT2D eigenvalue weighted by atomic mass is 16.2. The Hall–Kier alpha value is -2.83.